The predicted molar refractivity (Wildman–Crippen MR) is 107 cm³/mol. The highest BCUT2D eigenvalue weighted by atomic mass is 32.1. The SMILES string of the molecule is CCCOc1cc([N+](=O)[O-])c(C(=O)Nc2nnc(C(CC)CC)s2)cc1OC. The fourth-order valence-corrected chi connectivity index (χ4v) is 3.62. The first-order chi connectivity index (χ1) is 13.4. The number of aromatic nitrogens is 2. The topological polar surface area (TPSA) is 116 Å². The number of nitro benzene ring substituents is 1. The third-order valence-electron chi connectivity index (χ3n) is 4.18. The van der Waals surface area contributed by atoms with Crippen LogP contribution >= 0.6 is 11.3 Å². The van der Waals surface area contributed by atoms with Crippen LogP contribution in [0.3, 0.4) is 0 Å². The lowest BCUT2D eigenvalue weighted by atomic mass is 10.1. The van der Waals surface area contributed by atoms with Gasteiger partial charge in [-0.1, -0.05) is 32.1 Å². The van der Waals surface area contributed by atoms with E-state index in [1.807, 2.05) is 6.92 Å². The Bertz CT molecular complexity index is 835. The van der Waals surface area contributed by atoms with Gasteiger partial charge in [0, 0.05) is 12.0 Å². The van der Waals surface area contributed by atoms with Crippen molar-refractivity contribution in [2.24, 2.45) is 0 Å². The van der Waals surface area contributed by atoms with Crippen LogP contribution in [0.25, 0.3) is 0 Å². The maximum Gasteiger partial charge on any atom is 0.286 e. The van der Waals surface area contributed by atoms with Gasteiger partial charge in [0.1, 0.15) is 10.6 Å². The van der Waals surface area contributed by atoms with Crippen LogP contribution in [-0.2, 0) is 0 Å². The van der Waals surface area contributed by atoms with Crippen molar-refractivity contribution in [3.05, 3.63) is 32.8 Å². The second-order valence-electron chi connectivity index (χ2n) is 6.04. The Morgan fingerprint density at radius 1 is 1.25 bits per heavy atom. The summed E-state index contributed by atoms with van der Waals surface area (Å²) in [5.74, 6) is 0.0885. The third kappa shape index (κ3) is 4.94. The van der Waals surface area contributed by atoms with Crippen LogP contribution in [0.1, 0.15) is 61.3 Å². The molecule has 0 spiro atoms. The van der Waals surface area contributed by atoms with Crippen LogP contribution < -0.4 is 14.8 Å². The van der Waals surface area contributed by atoms with E-state index in [9.17, 15) is 14.9 Å². The Morgan fingerprint density at radius 2 is 1.96 bits per heavy atom. The summed E-state index contributed by atoms with van der Waals surface area (Å²) in [6.07, 6.45) is 2.57. The van der Waals surface area contributed by atoms with E-state index in [0.29, 0.717) is 11.7 Å². The highest BCUT2D eigenvalue weighted by Crippen LogP contribution is 2.35. The van der Waals surface area contributed by atoms with Crippen molar-refractivity contribution in [1.29, 1.82) is 0 Å². The number of ether oxygens (including phenoxy) is 2. The summed E-state index contributed by atoms with van der Waals surface area (Å²) in [4.78, 5) is 23.5. The molecule has 10 heteroatoms. The number of nitrogens with zero attached hydrogens (tertiary/aromatic N) is 3. The summed E-state index contributed by atoms with van der Waals surface area (Å²) in [5.41, 5.74) is -0.501. The molecule has 152 valence electrons. The number of hydrogen-bond acceptors (Lipinski definition) is 8. The summed E-state index contributed by atoms with van der Waals surface area (Å²) >= 11 is 1.27. The summed E-state index contributed by atoms with van der Waals surface area (Å²) in [6, 6.07) is 2.51. The molecule has 0 saturated heterocycles. The molecule has 1 N–H and O–H groups in total. The molecule has 1 aromatic carbocycles. The van der Waals surface area contributed by atoms with Crippen molar-refractivity contribution in [3.63, 3.8) is 0 Å². The Labute approximate surface area is 167 Å². The Balaban J connectivity index is 2.32. The van der Waals surface area contributed by atoms with E-state index in [4.69, 9.17) is 9.47 Å². The number of nitrogens with one attached hydrogen (secondary N) is 1. The van der Waals surface area contributed by atoms with Gasteiger partial charge in [0.15, 0.2) is 11.5 Å². The second kappa shape index (κ2) is 9.98. The van der Waals surface area contributed by atoms with Gasteiger partial charge in [-0.3, -0.25) is 20.2 Å². The minimum Gasteiger partial charge on any atom is -0.493 e. The monoisotopic (exact) mass is 408 g/mol. The number of rotatable bonds is 10. The van der Waals surface area contributed by atoms with Crippen molar-refractivity contribution >= 4 is 28.1 Å². The summed E-state index contributed by atoms with van der Waals surface area (Å²) in [7, 11) is 1.41. The van der Waals surface area contributed by atoms with Gasteiger partial charge in [0.25, 0.3) is 11.6 Å². The normalized spacial score (nSPS) is 10.8. The van der Waals surface area contributed by atoms with Crippen LogP contribution in [0.2, 0.25) is 0 Å². The Morgan fingerprint density at radius 3 is 2.54 bits per heavy atom. The van der Waals surface area contributed by atoms with Crippen LogP contribution in [0.15, 0.2) is 12.1 Å². The number of amides is 1. The third-order valence-corrected chi connectivity index (χ3v) is 5.18. The van der Waals surface area contributed by atoms with Crippen LogP contribution in [-0.4, -0.2) is 34.7 Å². The molecule has 0 aliphatic rings. The van der Waals surface area contributed by atoms with Gasteiger partial charge in [-0.05, 0) is 19.3 Å². The molecule has 1 aromatic heterocycles. The number of hydrogen-bond donors (Lipinski definition) is 1. The van der Waals surface area contributed by atoms with Gasteiger partial charge in [-0.15, -0.1) is 10.2 Å². The largest absolute Gasteiger partial charge is 0.493 e. The van der Waals surface area contributed by atoms with Crippen molar-refractivity contribution < 1.29 is 19.2 Å². The zero-order valence-corrected chi connectivity index (χ0v) is 17.2. The van der Waals surface area contributed by atoms with Crippen molar-refractivity contribution in [1.82, 2.24) is 10.2 Å². The minimum atomic E-state index is -0.653. The molecule has 0 aliphatic heterocycles. The minimum absolute atomic E-state index is 0.134. The first kappa shape index (κ1) is 21.5. The zero-order chi connectivity index (χ0) is 20.7. The Hall–Kier alpha value is -2.75. The molecule has 0 fully saturated rings. The van der Waals surface area contributed by atoms with E-state index in [1.165, 1.54) is 30.6 Å². The lowest BCUT2D eigenvalue weighted by Crippen LogP contribution is -2.14. The molecule has 0 radical (unpaired) electrons. The number of nitro groups is 1. The summed E-state index contributed by atoms with van der Waals surface area (Å²) in [5, 5.41) is 23.3. The lowest BCUT2D eigenvalue weighted by molar-refractivity contribution is -0.385. The molecule has 2 rings (SSSR count). The lowest BCUT2D eigenvalue weighted by Gasteiger charge is -2.12. The summed E-state index contributed by atoms with van der Waals surface area (Å²) < 4.78 is 10.7. The Kier molecular flexibility index (Phi) is 7.68. The number of carbonyl (C=O) groups excluding carboxylic acids is 1. The van der Waals surface area contributed by atoms with Crippen LogP contribution in [0, 0.1) is 10.1 Å². The van der Waals surface area contributed by atoms with Gasteiger partial charge >= 0.3 is 0 Å². The van der Waals surface area contributed by atoms with Gasteiger partial charge in [0.05, 0.1) is 24.7 Å². The molecule has 1 heterocycles. The first-order valence-corrected chi connectivity index (χ1v) is 9.90. The molecular weight excluding hydrogens is 384 g/mol. The number of carbonyl (C=O) groups is 1. The van der Waals surface area contributed by atoms with E-state index in [1.54, 1.807) is 0 Å². The average Bonchev–Trinajstić information content (AvgIpc) is 3.14. The van der Waals surface area contributed by atoms with Gasteiger partial charge in [-0.25, -0.2) is 0 Å². The first-order valence-electron chi connectivity index (χ1n) is 9.08. The fourth-order valence-electron chi connectivity index (χ4n) is 2.62. The number of anilines is 1. The maximum absolute atomic E-state index is 12.7. The molecule has 2 aromatic rings. The fraction of sp³-hybridized carbons (Fsp3) is 0.500. The molecule has 0 bridgehead atoms. The molecule has 0 atom stereocenters. The van der Waals surface area contributed by atoms with Gasteiger partial charge in [0.2, 0.25) is 5.13 Å². The molecular formula is C18H24N4O5S. The van der Waals surface area contributed by atoms with E-state index in [2.05, 4.69) is 29.4 Å². The highest BCUT2D eigenvalue weighted by Gasteiger charge is 2.26. The molecule has 0 aliphatic carbocycles. The van der Waals surface area contributed by atoms with E-state index in [-0.39, 0.29) is 28.7 Å². The summed E-state index contributed by atoms with van der Waals surface area (Å²) in [6.45, 7) is 6.42. The quantitative estimate of drug-likeness (QED) is 0.457. The van der Waals surface area contributed by atoms with Gasteiger partial charge < -0.3 is 9.47 Å². The van der Waals surface area contributed by atoms with Crippen molar-refractivity contribution in [2.45, 2.75) is 46.0 Å². The molecule has 0 unspecified atom stereocenters. The zero-order valence-electron chi connectivity index (χ0n) is 16.4. The molecule has 9 nitrogen and oxygen atoms in total. The molecule has 1 amide bonds. The van der Waals surface area contributed by atoms with Crippen LogP contribution in [0.4, 0.5) is 10.8 Å². The van der Waals surface area contributed by atoms with E-state index in [0.717, 1.165) is 24.3 Å². The average molecular weight is 408 g/mol. The maximum atomic E-state index is 12.7. The molecule has 28 heavy (non-hydrogen) atoms. The standard InChI is InChI=1S/C18H24N4O5S/c1-5-8-27-15-10-13(22(24)25)12(9-14(15)26-4)16(23)19-18-21-20-17(28-18)11(6-2)7-3/h9-11H,5-8H2,1-4H3,(H,19,21,23). The molecule has 0 saturated carbocycles. The van der Waals surface area contributed by atoms with Crippen molar-refractivity contribution in [3.8, 4) is 11.5 Å². The smallest absolute Gasteiger partial charge is 0.286 e. The predicted octanol–water partition coefficient (Wildman–Crippen LogP) is 4.40. The van der Waals surface area contributed by atoms with Crippen molar-refractivity contribution in [2.75, 3.05) is 19.0 Å². The number of methoxy groups -OCH3 is 1. The van der Waals surface area contributed by atoms with Gasteiger partial charge in [-0.2, -0.15) is 0 Å². The van der Waals surface area contributed by atoms with E-state index >= 15 is 0 Å². The van der Waals surface area contributed by atoms with Crippen LogP contribution in [0.5, 0.6) is 11.5 Å². The highest BCUT2D eigenvalue weighted by molar-refractivity contribution is 7.15. The second-order valence-corrected chi connectivity index (χ2v) is 7.05. The van der Waals surface area contributed by atoms with E-state index < -0.39 is 10.8 Å². The number of benzene rings is 1.